The van der Waals surface area contributed by atoms with Crippen molar-refractivity contribution in [1.29, 1.82) is 0 Å². The number of nitrogens with one attached hydrogen (secondary N) is 1. The van der Waals surface area contributed by atoms with Crippen molar-refractivity contribution in [2.24, 2.45) is 0 Å². The van der Waals surface area contributed by atoms with Crippen molar-refractivity contribution >= 4 is 16.7 Å². The number of aryl methyl sites for hydroxylation is 1. The predicted molar refractivity (Wildman–Crippen MR) is 99.4 cm³/mol. The number of hydrogen-bond donors (Lipinski definition) is 1. The number of fused-ring (bicyclic) bond motifs is 1. The minimum absolute atomic E-state index is 0.0109. The van der Waals surface area contributed by atoms with Gasteiger partial charge in [-0.2, -0.15) is 0 Å². The Balaban J connectivity index is 1.89. The van der Waals surface area contributed by atoms with E-state index in [0.29, 0.717) is 0 Å². The van der Waals surface area contributed by atoms with Crippen LogP contribution < -0.4 is 5.32 Å². The van der Waals surface area contributed by atoms with Crippen molar-refractivity contribution in [3.63, 3.8) is 0 Å². The van der Waals surface area contributed by atoms with Crippen LogP contribution in [0.5, 0.6) is 0 Å². The minimum atomic E-state index is -0.0479. The smallest absolute Gasteiger partial charge is 0.253 e. The van der Waals surface area contributed by atoms with Crippen LogP contribution in [0.25, 0.3) is 10.8 Å². The Morgan fingerprint density at radius 3 is 2.54 bits per heavy atom. The molecule has 2 aromatic carbocycles. The third-order valence-electron chi connectivity index (χ3n) is 4.77. The molecule has 0 fully saturated rings. The van der Waals surface area contributed by atoms with Gasteiger partial charge in [-0.05, 0) is 50.1 Å². The predicted octanol–water partition coefficient (Wildman–Crippen LogP) is 4.77. The molecule has 3 aromatic rings. The first-order chi connectivity index (χ1) is 11.5. The summed E-state index contributed by atoms with van der Waals surface area (Å²) >= 11 is 0. The maximum Gasteiger partial charge on any atom is 0.253 e. The molecule has 3 nitrogen and oxygen atoms in total. The molecule has 1 amide bonds. The van der Waals surface area contributed by atoms with E-state index in [1.54, 1.807) is 0 Å². The number of hydrogen-bond acceptors (Lipinski definition) is 1. The van der Waals surface area contributed by atoms with Crippen LogP contribution in [0.15, 0.2) is 48.5 Å². The second-order valence-corrected chi connectivity index (χ2v) is 6.29. The Bertz CT molecular complexity index is 887. The number of rotatable bonds is 4. The van der Waals surface area contributed by atoms with Gasteiger partial charge in [0.15, 0.2) is 0 Å². The van der Waals surface area contributed by atoms with E-state index in [9.17, 15) is 4.79 Å². The standard InChI is InChI=1S/C21H24N2O/c1-5-23-14(2)13-20(16(23)4)21(24)22-15(3)18-12-8-10-17-9-6-7-11-19(17)18/h6-13,15H,5H2,1-4H3,(H,22,24)/t15-/m1/s1. The number of nitrogens with zero attached hydrogens (tertiary/aromatic N) is 1. The fourth-order valence-electron chi connectivity index (χ4n) is 3.50. The highest BCUT2D eigenvalue weighted by atomic mass is 16.1. The minimum Gasteiger partial charge on any atom is -0.349 e. The van der Waals surface area contributed by atoms with Crippen molar-refractivity contribution in [1.82, 2.24) is 9.88 Å². The maximum absolute atomic E-state index is 12.7. The summed E-state index contributed by atoms with van der Waals surface area (Å²) in [5, 5.41) is 5.54. The number of benzene rings is 2. The van der Waals surface area contributed by atoms with E-state index in [1.165, 1.54) is 10.8 Å². The summed E-state index contributed by atoms with van der Waals surface area (Å²) in [4.78, 5) is 12.7. The Kier molecular flexibility index (Phi) is 4.43. The SMILES string of the molecule is CCn1c(C)cc(C(=O)N[C@H](C)c2cccc3ccccc23)c1C. The van der Waals surface area contributed by atoms with Crippen LogP contribution in [0.4, 0.5) is 0 Å². The highest BCUT2D eigenvalue weighted by Gasteiger charge is 2.18. The van der Waals surface area contributed by atoms with Gasteiger partial charge in [0.2, 0.25) is 0 Å². The number of carbonyl (C=O) groups excluding carboxylic acids is 1. The molecule has 0 radical (unpaired) electrons. The fraction of sp³-hybridized carbons (Fsp3) is 0.286. The molecule has 1 N–H and O–H groups in total. The summed E-state index contributed by atoms with van der Waals surface area (Å²) in [7, 11) is 0. The highest BCUT2D eigenvalue weighted by Crippen LogP contribution is 2.25. The highest BCUT2D eigenvalue weighted by molar-refractivity contribution is 5.96. The van der Waals surface area contributed by atoms with Gasteiger partial charge in [-0.15, -0.1) is 0 Å². The van der Waals surface area contributed by atoms with Gasteiger partial charge in [0.05, 0.1) is 11.6 Å². The lowest BCUT2D eigenvalue weighted by Crippen LogP contribution is -2.27. The molecule has 0 unspecified atom stereocenters. The second kappa shape index (κ2) is 6.52. The summed E-state index contributed by atoms with van der Waals surface area (Å²) in [6, 6.07) is 16.4. The van der Waals surface area contributed by atoms with E-state index in [2.05, 4.69) is 41.1 Å². The average Bonchev–Trinajstić information content (AvgIpc) is 2.88. The number of carbonyl (C=O) groups is 1. The van der Waals surface area contributed by atoms with Crippen LogP contribution in [0.3, 0.4) is 0 Å². The Hall–Kier alpha value is -2.55. The summed E-state index contributed by atoms with van der Waals surface area (Å²) in [5.74, 6) is -0.0109. The molecule has 0 aliphatic rings. The zero-order valence-electron chi connectivity index (χ0n) is 14.8. The zero-order valence-corrected chi connectivity index (χ0v) is 14.8. The van der Waals surface area contributed by atoms with Gasteiger partial charge in [0.25, 0.3) is 5.91 Å². The molecule has 0 spiro atoms. The molecule has 1 aromatic heterocycles. The maximum atomic E-state index is 12.7. The monoisotopic (exact) mass is 320 g/mol. The molecule has 124 valence electrons. The van der Waals surface area contributed by atoms with Crippen molar-refractivity contribution in [3.05, 3.63) is 71.0 Å². The topological polar surface area (TPSA) is 34.0 Å². The Labute approximate surface area is 143 Å². The molecule has 0 saturated carbocycles. The van der Waals surface area contributed by atoms with Crippen LogP contribution in [0, 0.1) is 13.8 Å². The molecular formula is C21H24N2O. The molecular weight excluding hydrogens is 296 g/mol. The summed E-state index contributed by atoms with van der Waals surface area (Å²) < 4.78 is 2.16. The van der Waals surface area contributed by atoms with Crippen molar-refractivity contribution in [2.45, 2.75) is 40.3 Å². The van der Waals surface area contributed by atoms with E-state index < -0.39 is 0 Å². The first-order valence-corrected chi connectivity index (χ1v) is 8.48. The van der Waals surface area contributed by atoms with Gasteiger partial charge in [0, 0.05) is 17.9 Å². The Morgan fingerprint density at radius 1 is 1.12 bits per heavy atom. The lowest BCUT2D eigenvalue weighted by atomic mass is 9.99. The van der Waals surface area contributed by atoms with Gasteiger partial charge >= 0.3 is 0 Å². The first-order valence-electron chi connectivity index (χ1n) is 8.48. The third-order valence-corrected chi connectivity index (χ3v) is 4.77. The summed E-state index contributed by atoms with van der Waals surface area (Å²) in [6.45, 7) is 9.07. The van der Waals surface area contributed by atoms with Gasteiger partial charge in [0.1, 0.15) is 0 Å². The third kappa shape index (κ3) is 2.82. The van der Waals surface area contributed by atoms with Crippen LogP contribution in [0.1, 0.15) is 47.2 Å². The molecule has 3 rings (SSSR count). The van der Waals surface area contributed by atoms with Gasteiger partial charge in [-0.1, -0.05) is 42.5 Å². The first kappa shape index (κ1) is 16.3. The fourth-order valence-corrected chi connectivity index (χ4v) is 3.50. The summed E-state index contributed by atoms with van der Waals surface area (Å²) in [6.07, 6.45) is 0. The Morgan fingerprint density at radius 2 is 1.83 bits per heavy atom. The van der Waals surface area contributed by atoms with Crippen molar-refractivity contribution < 1.29 is 4.79 Å². The van der Waals surface area contributed by atoms with Gasteiger partial charge in [-0.25, -0.2) is 0 Å². The van der Waals surface area contributed by atoms with Crippen LogP contribution >= 0.6 is 0 Å². The van der Waals surface area contributed by atoms with Crippen LogP contribution in [0.2, 0.25) is 0 Å². The molecule has 0 saturated heterocycles. The lowest BCUT2D eigenvalue weighted by molar-refractivity contribution is 0.0939. The van der Waals surface area contributed by atoms with Crippen molar-refractivity contribution in [2.75, 3.05) is 0 Å². The lowest BCUT2D eigenvalue weighted by Gasteiger charge is -2.17. The molecule has 1 atom stereocenters. The number of aromatic nitrogens is 1. The van der Waals surface area contributed by atoms with Crippen LogP contribution in [-0.4, -0.2) is 10.5 Å². The van der Waals surface area contributed by atoms with E-state index >= 15 is 0 Å². The normalized spacial score (nSPS) is 12.3. The molecule has 1 heterocycles. The molecule has 0 aliphatic heterocycles. The molecule has 0 bridgehead atoms. The average molecular weight is 320 g/mol. The van der Waals surface area contributed by atoms with Crippen LogP contribution in [-0.2, 0) is 6.54 Å². The van der Waals surface area contributed by atoms with Gasteiger partial charge in [-0.3, -0.25) is 4.79 Å². The molecule has 3 heteroatoms. The van der Waals surface area contributed by atoms with Crippen molar-refractivity contribution in [3.8, 4) is 0 Å². The van der Waals surface area contributed by atoms with E-state index in [4.69, 9.17) is 0 Å². The van der Waals surface area contributed by atoms with Gasteiger partial charge < -0.3 is 9.88 Å². The second-order valence-electron chi connectivity index (χ2n) is 6.29. The summed E-state index contributed by atoms with van der Waals surface area (Å²) in [5.41, 5.74) is 4.06. The van der Waals surface area contributed by atoms with E-state index in [1.807, 2.05) is 45.0 Å². The zero-order chi connectivity index (χ0) is 17.3. The largest absolute Gasteiger partial charge is 0.349 e. The van der Waals surface area contributed by atoms with E-state index in [0.717, 1.165) is 29.1 Å². The quantitative estimate of drug-likeness (QED) is 0.738. The molecule has 0 aliphatic carbocycles. The number of amides is 1. The van der Waals surface area contributed by atoms with E-state index in [-0.39, 0.29) is 11.9 Å². The molecule has 24 heavy (non-hydrogen) atoms.